The zero-order chi connectivity index (χ0) is 13.8. The predicted molar refractivity (Wildman–Crippen MR) is 80.0 cm³/mol. The van der Waals surface area contributed by atoms with E-state index >= 15 is 0 Å². The van der Waals surface area contributed by atoms with Gasteiger partial charge in [-0.05, 0) is 30.9 Å². The van der Waals surface area contributed by atoms with E-state index in [0.29, 0.717) is 23.2 Å². The molecule has 0 radical (unpaired) electrons. The normalized spacial score (nSPS) is 15.7. The van der Waals surface area contributed by atoms with Crippen molar-refractivity contribution >= 4 is 11.4 Å². The highest BCUT2D eigenvalue weighted by Crippen LogP contribution is 2.33. The number of para-hydroxylation sites is 1. The van der Waals surface area contributed by atoms with Crippen molar-refractivity contribution < 1.29 is 0 Å². The fraction of sp³-hybridized carbons (Fsp3) is 0.562. The minimum Gasteiger partial charge on any atom is -0.396 e. The molecule has 1 aliphatic rings. The van der Waals surface area contributed by atoms with Crippen LogP contribution < -0.4 is 10.6 Å². The summed E-state index contributed by atoms with van der Waals surface area (Å²) in [6.45, 7) is 5.46. The van der Waals surface area contributed by atoms with Crippen LogP contribution >= 0.6 is 0 Å². The molecule has 0 bridgehead atoms. The second-order valence-corrected chi connectivity index (χ2v) is 5.83. The van der Waals surface area contributed by atoms with Crippen LogP contribution in [0, 0.1) is 17.2 Å². The van der Waals surface area contributed by atoms with Crippen molar-refractivity contribution in [3.05, 3.63) is 23.8 Å². The third-order valence-electron chi connectivity index (χ3n) is 3.84. The largest absolute Gasteiger partial charge is 0.396 e. The van der Waals surface area contributed by atoms with Crippen molar-refractivity contribution in [1.82, 2.24) is 0 Å². The van der Waals surface area contributed by atoms with Crippen molar-refractivity contribution in [2.45, 2.75) is 45.6 Å². The Hall–Kier alpha value is -1.69. The lowest BCUT2D eigenvalue weighted by Gasteiger charge is -2.33. The number of nitrogens with two attached hydrogens (primary N) is 1. The number of anilines is 2. The van der Waals surface area contributed by atoms with E-state index in [1.165, 1.54) is 25.7 Å². The number of benzene rings is 1. The summed E-state index contributed by atoms with van der Waals surface area (Å²) >= 11 is 0. The molecule has 1 saturated carbocycles. The molecule has 1 fully saturated rings. The Morgan fingerprint density at radius 1 is 1.37 bits per heavy atom. The molecule has 0 heterocycles. The van der Waals surface area contributed by atoms with Crippen LogP contribution in [0.2, 0.25) is 0 Å². The summed E-state index contributed by atoms with van der Waals surface area (Å²) in [4.78, 5) is 2.42. The first kappa shape index (κ1) is 13.7. The van der Waals surface area contributed by atoms with Crippen molar-refractivity contribution in [2.24, 2.45) is 5.92 Å². The molecule has 0 atom stereocenters. The third kappa shape index (κ3) is 3.01. The molecule has 0 saturated heterocycles. The van der Waals surface area contributed by atoms with E-state index in [0.717, 1.165) is 12.2 Å². The van der Waals surface area contributed by atoms with Gasteiger partial charge < -0.3 is 10.6 Å². The average Bonchev–Trinajstić information content (AvgIpc) is 2.90. The molecule has 19 heavy (non-hydrogen) atoms. The number of nitrogens with zero attached hydrogens (tertiary/aromatic N) is 2. The highest BCUT2D eigenvalue weighted by atomic mass is 15.2. The summed E-state index contributed by atoms with van der Waals surface area (Å²) in [5, 5.41) is 9.12. The number of nitrogen functional groups attached to an aromatic ring is 1. The molecule has 1 aromatic carbocycles. The molecule has 0 aromatic heterocycles. The van der Waals surface area contributed by atoms with Crippen LogP contribution in [0.25, 0.3) is 0 Å². The Kier molecular flexibility index (Phi) is 4.31. The van der Waals surface area contributed by atoms with Crippen molar-refractivity contribution in [2.75, 3.05) is 17.2 Å². The first-order valence-electron chi connectivity index (χ1n) is 7.18. The second-order valence-electron chi connectivity index (χ2n) is 5.83. The summed E-state index contributed by atoms with van der Waals surface area (Å²) in [5.74, 6) is 0.589. The van der Waals surface area contributed by atoms with Crippen LogP contribution in [0.4, 0.5) is 11.4 Å². The third-order valence-corrected chi connectivity index (χ3v) is 3.84. The van der Waals surface area contributed by atoms with Gasteiger partial charge in [0.15, 0.2) is 0 Å². The molecule has 102 valence electrons. The fourth-order valence-electron chi connectivity index (χ4n) is 2.95. The quantitative estimate of drug-likeness (QED) is 0.839. The molecule has 0 aliphatic heterocycles. The molecular weight excluding hydrogens is 234 g/mol. The van der Waals surface area contributed by atoms with Crippen molar-refractivity contribution in [3.8, 4) is 6.07 Å². The minimum absolute atomic E-state index is 0.582. The van der Waals surface area contributed by atoms with E-state index in [4.69, 9.17) is 11.0 Å². The molecule has 2 N–H and O–H groups in total. The van der Waals surface area contributed by atoms with E-state index in [2.05, 4.69) is 30.9 Å². The maximum Gasteiger partial charge on any atom is 0.101 e. The first-order chi connectivity index (χ1) is 9.13. The summed E-state index contributed by atoms with van der Waals surface area (Å²) in [7, 11) is 0. The molecule has 0 amide bonds. The number of rotatable bonds is 4. The Balaban J connectivity index is 2.34. The van der Waals surface area contributed by atoms with Gasteiger partial charge in [0.25, 0.3) is 0 Å². The molecule has 0 unspecified atom stereocenters. The smallest absolute Gasteiger partial charge is 0.101 e. The van der Waals surface area contributed by atoms with Crippen LogP contribution in [0.3, 0.4) is 0 Å². The zero-order valence-electron chi connectivity index (χ0n) is 11.9. The van der Waals surface area contributed by atoms with Gasteiger partial charge in [0.05, 0.1) is 16.9 Å². The SMILES string of the molecule is CC(C)CN(c1cccc(C#N)c1N)C1CCCC1. The Bertz CT molecular complexity index is 467. The van der Waals surface area contributed by atoms with Gasteiger partial charge in [-0.2, -0.15) is 5.26 Å². The summed E-state index contributed by atoms with van der Waals surface area (Å²) < 4.78 is 0. The highest BCUT2D eigenvalue weighted by Gasteiger charge is 2.25. The topological polar surface area (TPSA) is 53.0 Å². The molecular formula is C16H23N3. The zero-order valence-corrected chi connectivity index (χ0v) is 11.9. The predicted octanol–water partition coefficient (Wildman–Crippen LogP) is 3.55. The van der Waals surface area contributed by atoms with Crippen LogP contribution in [0.1, 0.15) is 45.1 Å². The lowest BCUT2D eigenvalue weighted by molar-refractivity contribution is 0.536. The Labute approximate surface area is 116 Å². The lowest BCUT2D eigenvalue weighted by Crippen LogP contribution is -2.36. The van der Waals surface area contributed by atoms with Gasteiger partial charge in [-0.25, -0.2) is 0 Å². The first-order valence-corrected chi connectivity index (χ1v) is 7.18. The van der Waals surface area contributed by atoms with Crippen molar-refractivity contribution in [1.29, 1.82) is 5.26 Å². The average molecular weight is 257 g/mol. The molecule has 3 nitrogen and oxygen atoms in total. The monoisotopic (exact) mass is 257 g/mol. The summed E-state index contributed by atoms with van der Waals surface area (Å²) in [6, 6.07) is 8.55. The van der Waals surface area contributed by atoms with Crippen LogP contribution in [0.5, 0.6) is 0 Å². The van der Waals surface area contributed by atoms with E-state index in [-0.39, 0.29) is 0 Å². The number of nitriles is 1. The maximum atomic E-state index is 9.12. The standard InChI is InChI=1S/C16H23N3/c1-12(2)11-19(14-7-3-4-8-14)15-9-5-6-13(10-17)16(15)18/h5-6,9,12,14H,3-4,7-8,11,18H2,1-2H3. The molecule has 1 aliphatic carbocycles. The van der Waals surface area contributed by atoms with Crippen LogP contribution in [0.15, 0.2) is 18.2 Å². The minimum atomic E-state index is 0.582. The van der Waals surface area contributed by atoms with E-state index in [1.807, 2.05) is 6.07 Å². The van der Waals surface area contributed by atoms with Crippen molar-refractivity contribution in [3.63, 3.8) is 0 Å². The van der Waals surface area contributed by atoms with Gasteiger partial charge in [-0.15, -0.1) is 0 Å². The van der Waals surface area contributed by atoms with Gasteiger partial charge in [-0.3, -0.25) is 0 Å². The van der Waals surface area contributed by atoms with E-state index in [1.54, 1.807) is 6.07 Å². The highest BCUT2D eigenvalue weighted by molar-refractivity contribution is 5.74. The van der Waals surface area contributed by atoms with Crippen LogP contribution in [-0.2, 0) is 0 Å². The molecule has 2 rings (SSSR count). The van der Waals surface area contributed by atoms with Crippen LogP contribution in [-0.4, -0.2) is 12.6 Å². The van der Waals surface area contributed by atoms with Gasteiger partial charge in [-0.1, -0.05) is 32.8 Å². The second kappa shape index (κ2) is 5.97. The number of hydrogen-bond donors (Lipinski definition) is 1. The van der Waals surface area contributed by atoms with Gasteiger partial charge in [0.1, 0.15) is 6.07 Å². The fourth-order valence-corrected chi connectivity index (χ4v) is 2.95. The van der Waals surface area contributed by atoms with E-state index in [9.17, 15) is 0 Å². The van der Waals surface area contributed by atoms with Gasteiger partial charge in [0.2, 0.25) is 0 Å². The molecule has 1 aromatic rings. The molecule has 0 spiro atoms. The summed E-state index contributed by atoms with van der Waals surface area (Å²) in [6.07, 6.45) is 5.08. The Morgan fingerprint density at radius 2 is 2.05 bits per heavy atom. The molecule has 3 heteroatoms. The summed E-state index contributed by atoms with van der Waals surface area (Å²) in [5.41, 5.74) is 8.44. The van der Waals surface area contributed by atoms with Gasteiger partial charge in [0, 0.05) is 12.6 Å². The lowest BCUT2D eigenvalue weighted by atomic mass is 10.1. The van der Waals surface area contributed by atoms with E-state index < -0.39 is 0 Å². The Morgan fingerprint density at radius 3 is 2.63 bits per heavy atom. The number of hydrogen-bond acceptors (Lipinski definition) is 3. The van der Waals surface area contributed by atoms with Gasteiger partial charge >= 0.3 is 0 Å². The maximum absolute atomic E-state index is 9.12.